The molecule has 2 saturated carbocycles. The lowest BCUT2D eigenvalue weighted by atomic mass is 9.70. The van der Waals surface area contributed by atoms with E-state index >= 15 is 0 Å². The van der Waals surface area contributed by atoms with Crippen molar-refractivity contribution in [1.29, 1.82) is 0 Å². The molecule has 1 saturated heterocycles. The zero-order valence-corrected chi connectivity index (χ0v) is 21.6. The Kier molecular flexibility index (Phi) is 11.5. The molecule has 2 bridgehead atoms. The zero-order chi connectivity index (χ0) is 22.2. The lowest BCUT2D eigenvalue weighted by Gasteiger charge is -2.46. The molecule has 3 fully saturated rings. The summed E-state index contributed by atoms with van der Waals surface area (Å²) < 4.78 is 0. The minimum atomic E-state index is -0.0681. The maximum absolute atomic E-state index is 13.5. The Bertz CT molecular complexity index is 767. The molecule has 6 heteroatoms. The molecule has 1 aromatic carbocycles. The van der Waals surface area contributed by atoms with Crippen LogP contribution in [0.2, 0.25) is 5.02 Å². The van der Waals surface area contributed by atoms with Gasteiger partial charge in [0.15, 0.2) is 0 Å². The van der Waals surface area contributed by atoms with Crippen LogP contribution < -0.4 is 5.32 Å². The molecule has 1 unspecified atom stereocenters. The molecule has 0 spiro atoms. The average Bonchev–Trinajstić information content (AvgIpc) is 3.34. The Balaban J connectivity index is 0.00000193. The molecule has 2 aliphatic carbocycles. The van der Waals surface area contributed by atoms with Gasteiger partial charge in [-0.15, -0.1) is 0 Å². The van der Waals surface area contributed by atoms with E-state index in [0.29, 0.717) is 17.7 Å². The van der Waals surface area contributed by atoms with E-state index in [4.69, 9.17) is 11.6 Å². The molecule has 5 atom stereocenters. The number of likely N-dealkylation sites (tertiary alicyclic amines) is 1. The van der Waals surface area contributed by atoms with Crippen LogP contribution in [0.5, 0.6) is 0 Å². The van der Waals surface area contributed by atoms with Gasteiger partial charge in [-0.05, 0) is 91.3 Å². The number of carbonyl (C=O) groups is 1. The predicted octanol–water partition coefficient (Wildman–Crippen LogP) is 5.11. The highest BCUT2D eigenvalue weighted by Crippen LogP contribution is 2.49. The molecule has 0 radical (unpaired) electrons. The average molecular weight is 497 g/mol. The molecule has 1 aliphatic heterocycles. The van der Waals surface area contributed by atoms with Gasteiger partial charge in [0, 0.05) is 18.1 Å². The highest BCUT2D eigenvalue weighted by atomic mass is 35.5. The van der Waals surface area contributed by atoms with Crippen molar-refractivity contribution in [2.24, 2.45) is 29.1 Å². The molecule has 0 aromatic heterocycles. The summed E-state index contributed by atoms with van der Waals surface area (Å²) in [5.74, 6) is 3.92. The smallest absolute Gasteiger partial charge is 0.239 e. The molecule has 1 amide bonds. The molecule has 5 nitrogen and oxygen atoms in total. The van der Waals surface area contributed by atoms with Crippen molar-refractivity contribution in [1.82, 2.24) is 10.2 Å². The summed E-state index contributed by atoms with van der Waals surface area (Å²) in [5, 5.41) is 4.46. The zero-order valence-electron chi connectivity index (χ0n) is 20.9. The summed E-state index contributed by atoms with van der Waals surface area (Å²) in [6, 6.07) is 8.21. The summed E-state index contributed by atoms with van der Waals surface area (Å²) in [6.07, 6.45) is 8.05. The second kappa shape index (κ2) is 12.7. The summed E-state index contributed by atoms with van der Waals surface area (Å²) in [5.41, 5.74) is 1.39. The van der Waals surface area contributed by atoms with Crippen LogP contribution in [-0.2, 0) is 4.79 Å². The second-order valence-electron chi connectivity index (χ2n) is 11.5. The largest absolute Gasteiger partial charge is 0.412 e. The molecule has 1 heterocycles. The Hall–Kier alpha value is -1.14. The number of carbonyl (C=O) groups excluding carboxylic acids is 1. The molecule has 3 aliphatic rings. The van der Waals surface area contributed by atoms with E-state index in [1.54, 1.807) is 0 Å². The van der Waals surface area contributed by atoms with Crippen molar-refractivity contribution in [3.05, 3.63) is 34.9 Å². The van der Waals surface area contributed by atoms with Gasteiger partial charge in [0.05, 0.1) is 6.04 Å². The highest BCUT2D eigenvalue weighted by Gasteiger charge is 2.41. The third kappa shape index (κ3) is 6.75. The molecule has 5 N–H and O–H groups in total. The summed E-state index contributed by atoms with van der Waals surface area (Å²) in [7, 11) is 0. The van der Waals surface area contributed by atoms with Crippen LogP contribution in [0.15, 0.2) is 24.3 Å². The van der Waals surface area contributed by atoms with E-state index in [9.17, 15) is 4.79 Å². The number of nitrogens with one attached hydrogen (secondary N) is 1. The molecule has 196 valence electrons. The third-order valence-corrected chi connectivity index (χ3v) is 8.76. The van der Waals surface area contributed by atoms with Crippen LogP contribution in [0.1, 0.15) is 85.1 Å². The molecule has 34 heavy (non-hydrogen) atoms. The van der Waals surface area contributed by atoms with Gasteiger partial charge in [-0.2, -0.15) is 0 Å². The fourth-order valence-electron chi connectivity index (χ4n) is 6.82. The van der Waals surface area contributed by atoms with Gasteiger partial charge in [0.2, 0.25) is 5.91 Å². The van der Waals surface area contributed by atoms with E-state index in [2.05, 4.69) is 50.0 Å². The van der Waals surface area contributed by atoms with Gasteiger partial charge in [-0.25, -0.2) is 0 Å². The first-order chi connectivity index (χ1) is 14.7. The van der Waals surface area contributed by atoms with Crippen molar-refractivity contribution in [2.75, 3.05) is 19.6 Å². The van der Waals surface area contributed by atoms with E-state index in [1.807, 2.05) is 12.1 Å². The van der Waals surface area contributed by atoms with Crippen LogP contribution in [0.3, 0.4) is 0 Å². The van der Waals surface area contributed by atoms with E-state index < -0.39 is 0 Å². The molecular weight excluding hydrogens is 448 g/mol. The van der Waals surface area contributed by atoms with Crippen molar-refractivity contribution >= 4 is 17.5 Å². The molecule has 4 rings (SSSR count). The van der Waals surface area contributed by atoms with E-state index in [-0.39, 0.29) is 29.8 Å². The number of hydrogen-bond acceptors (Lipinski definition) is 2. The fourth-order valence-corrected chi connectivity index (χ4v) is 6.94. The van der Waals surface area contributed by atoms with Crippen LogP contribution in [0.4, 0.5) is 0 Å². The summed E-state index contributed by atoms with van der Waals surface area (Å²) in [6.45, 7) is 11.6. The topological polar surface area (TPSA) is 95.3 Å². The maximum atomic E-state index is 13.5. The standard InChI is InChI=1S/C27H41ClN2O.CH4.2H2O/c1-18(2)25(29-13-11-22-16-19-5-6-21(22)15-19)26(31)30-14-12-24(27(3,4)17-30)20-7-9-23(28)10-8-20;;;/h7-10,18-19,21-22,24-25,29H,5-6,11-17H2,1-4H3;1H4;2*1H2/t19-,21+,22?,24-,25-;;;/m1.../s1. The minimum Gasteiger partial charge on any atom is -0.412 e. The Morgan fingerprint density at radius 3 is 2.32 bits per heavy atom. The highest BCUT2D eigenvalue weighted by molar-refractivity contribution is 6.30. The van der Waals surface area contributed by atoms with Gasteiger partial charge >= 0.3 is 0 Å². The third-order valence-electron chi connectivity index (χ3n) is 8.51. The van der Waals surface area contributed by atoms with Gasteiger partial charge < -0.3 is 21.2 Å². The number of amides is 1. The van der Waals surface area contributed by atoms with Gasteiger partial charge in [0.1, 0.15) is 0 Å². The SMILES string of the molecule is C.CC(C)[C@@H](NCCC1C[C@@H]2CC[C@H]1C2)C(=O)N1CC[C@H](c2ccc(Cl)cc2)C(C)(C)C1.O.O. The van der Waals surface area contributed by atoms with Crippen LogP contribution in [-0.4, -0.2) is 47.4 Å². The normalized spacial score (nSPS) is 28.0. The first-order valence-electron chi connectivity index (χ1n) is 12.5. The first-order valence-corrected chi connectivity index (χ1v) is 12.9. The molecule has 1 aromatic rings. The number of piperidine rings is 1. The van der Waals surface area contributed by atoms with Crippen molar-refractivity contribution in [3.8, 4) is 0 Å². The quantitative estimate of drug-likeness (QED) is 0.567. The summed E-state index contributed by atoms with van der Waals surface area (Å²) in [4.78, 5) is 15.6. The summed E-state index contributed by atoms with van der Waals surface area (Å²) >= 11 is 6.09. The lowest BCUT2D eigenvalue weighted by molar-refractivity contribution is -0.138. The predicted molar refractivity (Wildman–Crippen MR) is 143 cm³/mol. The van der Waals surface area contributed by atoms with Crippen LogP contribution >= 0.6 is 11.6 Å². The van der Waals surface area contributed by atoms with Crippen molar-refractivity contribution in [2.45, 2.75) is 85.6 Å². The number of rotatable bonds is 7. The van der Waals surface area contributed by atoms with E-state index in [1.165, 1.54) is 37.7 Å². The Morgan fingerprint density at radius 1 is 1.12 bits per heavy atom. The Morgan fingerprint density at radius 2 is 1.79 bits per heavy atom. The second-order valence-corrected chi connectivity index (χ2v) is 12.0. The number of benzene rings is 1. The fraction of sp³-hybridized carbons (Fsp3) is 0.750. The van der Waals surface area contributed by atoms with Crippen LogP contribution in [0.25, 0.3) is 0 Å². The minimum absolute atomic E-state index is 0. The van der Waals surface area contributed by atoms with Gasteiger partial charge in [0.25, 0.3) is 0 Å². The maximum Gasteiger partial charge on any atom is 0.239 e. The lowest BCUT2D eigenvalue weighted by Crippen LogP contribution is -2.55. The molecular formula is C28H49ClN2O3. The number of halogens is 1. The van der Waals surface area contributed by atoms with Crippen LogP contribution in [0, 0.1) is 29.1 Å². The monoisotopic (exact) mass is 496 g/mol. The van der Waals surface area contributed by atoms with Gasteiger partial charge in [-0.1, -0.05) is 65.3 Å². The van der Waals surface area contributed by atoms with Crippen molar-refractivity contribution in [3.63, 3.8) is 0 Å². The number of fused-ring (bicyclic) bond motifs is 2. The number of hydrogen-bond donors (Lipinski definition) is 1. The van der Waals surface area contributed by atoms with Gasteiger partial charge in [-0.3, -0.25) is 4.79 Å². The van der Waals surface area contributed by atoms with E-state index in [0.717, 1.165) is 48.8 Å². The first kappa shape index (κ1) is 30.9. The number of nitrogens with zero attached hydrogens (tertiary/aromatic N) is 1. The Labute approximate surface area is 212 Å². The van der Waals surface area contributed by atoms with Crippen molar-refractivity contribution < 1.29 is 15.7 Å².